The zero-order valence-electron chi connectivity index (χ0n) is 16.6. The number of benzene rings is 2. The highest BCUT2D eigenvalue weighted by molar-refractivity contribution is 5.88. The Morgan fingerprint density at radius 1 is 1.00 bits per heavy atom. The number of fused-ring (bicyclic) bond motifs is 3. The molecule has 0 bridgehead atoms. The minimum Gasteiger partial charge on any atom is -0.478 e. The number of nitrogens with one attached hydrogen (secondary N) is 1. The molecule has 1 heterocycles. The number of hydrogen-bond acceptors (Lipinski definition) is 4. The predicted molar refractivity (Wildman–Crippen MR) is 112 cm³/mol. The number of pyridine rings is 1. The number of nitrogens with zero attached hydrogens (tertiary/aromatic N) is 1. The van der Waals surface area contributed by atoms with Crippen LogP contribution in [-0.4, -0.2) is 28.8 Å². The second-order valence-corrected chi connectivity index (χ2v) is 7.13. The van der Waals surface area contributed by atoms with Gasteiger partial charge < -0.3 is 15.2 Å². The normalized spacial score (nSPS) is 12.2. The Kier molecular flexibility index (Phi) is 5.48. The molecule has 4 rings (SSSR count). The summed E-state index contributed by atoms with van der Waals surface area (Å²) in [5.41, 5.74) is 5.94. The molecule has 0 aliphatic heterocycles. The molecular weight excluding hydrogens is 380 g/mol. The van der Waals surface area contributed by atoms with Gasteiger partial charge in [-0.05, 0) is 40.8 Å². The third-order valence-electron chi connectivity index (χ3n) is 5.35. The summed E-state index contributed by atoms with van der Waals surface area (Å²) in [5, 5.41) is 11.9. The van der Waals surface area contributed by atoms with Crippen LogP contribution in [0.15, 0.2) is 60.7 Å². The fourth-order valence-corrected chi connectivity index (χ4v) is 3.92. The second-order valence-electron chi connectivity index (χ2n) is 7.13. The van der Waals surface area contributed by atoms with Crippen molar-refractivity contribution in [2.24, 2.45) is 0 Å². The first-order valence-electron chi connectivity index (χ1n) is 9.89. The molecule has 30 heavy (non-hydrogen) atoms. The van der Waals surface area contributed by atoms with Crippen LogP contribution in [-0.2, 0) is 17.7 Å². The van der Waals surface area contributed by atoms with Gasteiger partial charge in [0.25, 0.3) is 0 Å². The lowest BCUT2D eigenvalue weighted by atomic mass is 9.98. The van der Waals surface area contributed by atoms with E-state index in [0.717, 1.165) is 11.1 Å². The van der Waals surface area contributed by atoms with Crippen molar-refractivity contribution in [2.75, 3.05) is 6.61 Å². The Hall–Kier alpha value is -3.67. The molecule has 2 aromatic carbocycles. The van der Waals surface area contributed by atoms with Crippen LogP contribution >= 0.6 is 0 Å². The first kappa shape index (κ1) is 19.6. The molecule has 0 unspecified atom stereocenters. The van der Waals surface area contributed by atoms with Gasteiger partial charge >= 0.3 is 12.1 Å². The highest BCUT2D eigenvalue weighted by atomic mass is 16.5. The van der Waals surface area contributed by atoms with E-state index >= 15 is 0 Å². The number of alkyl carbamates (subject to hydrolysis) is 1. The molecule has 0 saturated carbocycles. The molecule has 1 amide bonds. The molecule has 1 aromatic heterocycles. The average molecular weight is 402 g/mol. The maximum absolute atomic E-state index is 12.3. The van der Waals surface area contributed by atoms with Gasteiger partial charge in [-0.3, -0.25) is 4.98 Å². The number of carbonyl (C=O) groups excluding carboxylic acids is 1. The number of hydrogen-bond donors (Lipinski definition) is 2. The summed E-state index contributed by atoms with van der Waals surface area (Å²) in [5.74, 6) is -1.00. The van der Waals surface area contributed by atoms with Crippen molar-refractivity contribution in [2.45, 2.75) is 25.8 Å². The Balaban J connectivity index is 1.40. The summed E-state index contributed by atoms with van der Waals surface area (Å²) in [6, 6.07) is 19.5. The van der Waals surface area contributed by atoms with Gasteiger partial charge in [-0.25, -0.2) is 9.59 Å². The van der Waals surface area contributed by atoms with Crippen LogP contribution in [0.1, 0.15) is 45.7 Å². The molecule has 0 atom stereocenters. The van der Waals surface area contributed by atoms with Crippen molar-refractivity contribution < 1.29 is 19.4 Å². The average Bonchev–Trinajstić information content (AvgIpc) is 3.09. The first-order chi connectivity index (χ1) is 14.6. The first-order valence-corrected chi connectivity index (χ1v) is 9.89. The van der Waals surface area contributed by atoms with E-state index < -0.39 is 12.1 Å². The highest BCUT2D eigenvalue weighted by Crippen LogP contribution is 2.44. The number of amides is 1. The zero-order valence-corrected chi connectivity index (χ0v) is 16.6. The van der Waals surface area contributed by atoms with Crippen LogP contribution in [0, 0.1) is 0 Å². The summed E-state index contributed by atoms with van der Waals surface area (Å²) in [4.78, 5) is 27.8. The second kappa shape index (κ2) is 8.37. The number of carboxylic acid groups (broad SMARTS) is 1. The van der Waals surface area contributed by atoms with Gasteiger partial charge in [0.05, 0.1) is 23.5 Å². The van der Waals surface area contributed by atoms with Crippen LogP contribution in [0.4, 0.5) is 4.79 Å². The third-order valence-corrected chi connectivity index (χ3v) is 5.35. The largest absolute Gasteiger partial charge is 0.478 e. The molecule has 0 fully saturated rings. The van der Waals surface area contributed by atoms with Crippen molar-refractivity contribution in [3.8, 4) is 11.1 Å². The van der Waals surface area contributed by atoms with Gasteiger partial charge in [0.15, 0.2) is 0 Å². The van der Waals surface area contributed by atoms with E-state index in [2.05, 4.69) is 34.6 Å². The van der Waals surface area contributed by atoms with Gasteiger partial charge in [0.1, 0.15) is 6.61 Å². The molecule has 1 aliphatic rings. The number of aromatic carboxylic acids is 1. The summed E-state index contributed by atoms with van der Waals surface area (Å²) in [7, 11) is 0. The van der Waals surface area contributed by atoms with Crippen molar-refractivity contribution >= 4 is 12.1 Å². The Labute approximate surface area is 174 Å². The minimum atomic E-state index is -1.00. The lowest BCUT2D eigenvalue weighted by Gasteiger charge is -2.14. The number of carbonyl (C=O) groups is 2. The Morgan fingerprint density at radius 3 is 2.23 bits per heavy atom. The van der Waals surface area contributed by atoms with Gasteiger partial charge in [-0.2, -0.15) is 0 Å². The Bertz CT molecular complexity index is 1060. The zero-order chi connectivity index (χ0) is 21.1. The summed E-state index contributed by atoms with van der Waals surface area (Å²) >= 11 is 0. The van der Waals surface area contributed by atoms with E-state index in [4.69, 9.17) is 4.74 Å². The van der Waals surface area contributed by atoms with Crippen LogP contribution in [0.25, 0.3) is 11.1 Å². The fourth-order valence-electron chi connectivity index (χ4n) is 3.92. The van der Waals surface area contributed by atoms with E-state index in [1.807, 2.05) is 31.2 Å². The van der Waals surface area contributed by atoms with Crippen molar-refractivity contribution in [1.82, 2.24) is 10.3 Å². The van der Waals surface area contributed by atoms with E-state index in [9.17, 15) is 14.7 Å². The van der Waals surface area contributed by atoms with Gasteiger partial charge in [0, 0.05) is 5.92 Å². The van der Waals surface area contributed by atoms with E-state index in [-0.39, 0.29) is 24.6 Å². The van der Waals surface area contributed by atoms with Crippen LogP contribution in [0.3, 0.4) is 0 Å². The quantitative estimate of drug-likeness (QED) is 0.639. The summed E-state index contributed by atoms with van der Waals surface area (Å²) < 4.78 is 5.51. The standard InChI is InChI=1S/C24H22N2O4/c1-2-22-20(23(27)28)12-11-15(26-22)13-25-24(29)30-14-21-18-9-5-3-7-16(18)17-8-4-6-10-19(17)21/h3-12,21H,2,13-14H2,1H3,(H,25,29)(H,27,28). The van der Waals surface area contributed by atoms with Crippen molar-refractivity contribution in [1.29, 1.82) is 0 Å². The SMILES string of the molecule is CCc1nc(CNC(=O)OCC2c3ccccc3-c3ccccc32)ccc1C(=O)O. The van der Waals surface area contributed by atoms with Crippen LogP contribution < -0.4 is 5.32 Å². The summed E-state index contributed by atoms with van der Waals surface area (Å²) in [6.07, 6.45) is -0.0283. The Morgan fingerprint density at radius 2 is 1.63 bits per heavy atom. The molecule has 1 aliphatic carbocycles. The smallest absolute Gasteiger partial charge is 0.407 e. The third kappa shape index (κ3) is 3.76. The molecule has 152 valence electrons. The van der Waals surface area contributed by atoms with Gasteiger partial charge in [0.2, 0.25) is 0 Å². The van der Waals surface area contributed by atoms with E-state index in [1.54, 1.807) is 6.07 Å². The topological polar surface area (TPSA) is 88.5 Å². The van der Waals surface area contributed by atoms with Gasteiger partial charge in [-0.1, -0.05) is 55.5 Å². The van der Waals surface area contributed by atoms with Crippen LogP contribution in [0.2, 0.25) is 0 Å². The van der Waals surface area contributed by atoms with Crippen LogP contribution in [0.5, 0.6) is 0 Å². The molecule has 0 radical (unpaired) electrons. The maximum Gasteiger partial charge on any atom is 0.407 e. The maximum atomic E-state index is 12.3. The monoisotopic (exact) mass is 402 g/mol. The predicted octanol–water partition coefficient (Wildman–Crippen LogP) is 4.38. The summed E-state index contributed by atoms with van der Waals surface area (Å²) in [6.45, 7) is 2.26. The number of ether oxygens (including phenoxy) is 1. The molecule has 6 heteroatoms. The molecule has 3 aromatic rings. The fraction of sp³-hybridized carbons (Fsp3) is 0.208. The minimum absolute atomic E-state index is 0.00261. The van der Waals surface area contributed by atoms with Gasteiger partial charge in [-0.15, -0.1) is 0 Å². The van der Waals surface area contributed by atoms with Crippen molar-refractivity contribution in [3.63, 3.8) is 0 Å². The molecular formula is C24H22N2O4. The van der Waals surface area contributed by atoms with E-state index in [0.29, 0.717) is 17.8 Å². The molecule has 2 N–H and O–H groups in total. The number of aromatic nitrogens is 1. The molecule has 0 spiro atoms. The highest BCUT2D eigenvalue weighted by Gasteiger charge is 2.28. The lowest BCUT2D eigenvalue weighted by molar-refractivity contribution is 0.0695. The molecule has 0 saturated heterocycles. The lowest BCUT2D eigenvalue weighted by Crippen LogP contribution is -2.26. The number of aryl methyl sites for hydroxylation is 1. The molecule has 6 nitrogen and oxygen atoms in total. The number of carboxylic acids is 1. The number of rotatable bonds is 6. The van der Waals surface area contributed by atoms with E-state index in [1.165, 1.54) is 17.2 Å². The van der Waals surface area contributed by atoms with Crippen molar-refractivity contribution in [3.05, 3.63) is 88.7 Å².